The molecule has 2 N–H and O–H groups in total. The van der Waals surface area contributed by atoms with E-state index in [-0.39, 0.29) is 23.9 Å². The van der Waals surface area contributed by atoms with Crippen LogP contribution in [-0.2, 0) is 33.0 Å². The molecule has 2 aliphatic carbocycles. The predicted octanol–water partition coefficient (Wildman–Crippen LogP) is 9.04. The molecule has 13 heteroatoms. The average Bonchev–Trinajstić information content (AvgIpc) is 3.53. The first kappa shape index (κ1) is 42.2. The molecule has 1 aliphatic heterocycles. The van der Waals surface area contributed by atoms with Crippen LogP contribution in [0.1, 0.15) is 87.1 Å². The number of carboxylic acids is 1. The molecular weight excluding hydrogens is 655 g/mol. The summed E-state index contributed by atoms with van der Waals surface area (Å²) in [6, 6.07) is 10.2. The SMILES string of the molecule is CC.CC12CCN(C=O)C1Cc1cc(C(F)(C(F)(F)F)C(F)(F)F)ccc12.CO.Cc1ccc(CCl)cc1.O=C(O)C1CCCCC1. The highest BCUT2D eigenvalue weighted by atomic mass is 35.5. The highest BCUT2D eigenvalue weighted by Gasteiger charge is 2.73. The Morgan fingerprint density at radius 2 is 1.49 bits per heavy atom. The highest BCUT2D eigenvalue weighted by molar-refractivity contribution is 6.17. The van der Waals surface area contributed by atoms with Crippen LogP contribution in [0.5, 0.6) is 0 Å². The molecule has 2 aromatic carbocycles. The number of carboxylic acid groups (broad SMARTS) is 1. The first-order valence-corrected chi connectivity index (χ1v) is 16.0. The first-order valence-electron chi connectivity index (χ1n) is 15.5. The van der Waals surface area contributed by atoms with Crippen LogP contribution >= 0.6 is 11.6 Å². The van der Waals surface area contributed by atoms with Gasteiger partial charge in [-0.15, -0.1) is 11.6 Å². The van der Waals surface area contributed by atoms with Crippen molar-refractivity contribution in [3.05, 3.63) is 70.3 Å². The second-order valence-electron chi connectivity index (χ2n) is 11.5. The molecule has 0 radical (unpaired) electrons. The van der Waals surface area contributed by atoms with Gasteiger partial charge in [0.15, 0.2) is 0 Å². The van der Waals surface area contributed by atoms with Gasteiger partial charge in [-0.1, -0.05) is 88.1 Å². The molecular formula is C34H45ClF7NO4. The van der Waals surface area contributed by atoms with Gasteiger partial charge >= 0.3 is 24.0 Å². The topological polar surface area (TPSA) is 77.8 Å². The van der Waals surface area contributed by atoms with Crippen molar-refractivity contribution in [2.75, 3.05) is 13.7 Å². The minimum absolute atomic E-state index is 0.0289. The van der Waals surface area contributed by atoms with E-state index in [1.165, 1.54) is 22.4 Å². The van der Waals surface area contributed by atoms with Crippen molar-refractivity contribution in [3.8, 4) is 0 Å². The van der Waals surface area contributed by atoms with Gasteiger partial charge < -0.3 is 15.1 Å². The fraction of sp³-hybridized carbons (Fsp3) is 0.588. The number of hydrogen-bond acceptors (Lipinski definition) is 3. The van der Waals surface area contributed by atoms with Crippen molar-refractivity contribution in [3.63, 3.8) is 0 Å². The maximum atomic E-state index is 14.2. The van der Waals surface area contributed by atoms with E-state index in [9.17, 15) is 40.3 Å². The van der Waals surface area contributed by atoms with Crippen molar-refractivity contribution < 1.29 is 50.5 Å². The summed E-state index contributed by atoms with van der Waals surface area (Å²) < 4.78 is 91.7. The van der Waals surface area contributed by atoms with Gasteiger partial charge in [0.2, 0.25) is 6.41 Å². The van der Waals surface area contributed by atoms with Crippen LogP contribution in [0.25, 0.3) is 0 Å². The van der Waals surface area contributed by atoms with Gasteiger partial charge in [0.05, 0.1) is 5.92 Å². The standard InChI is InChI=1S/C16H14F7NO.C8H9Cl.C7H12O2.C2H6.CH4O/c1-13-4-5-24(8-25)12(13)7-9-6-10(2-3-11(9)13)14(17,15(18,19)20)16(21,22)23;1-7-2-4-8(6-9)5-3-7;8-7(9)6-4-2-1-3-5-6;2*1-2/h2-3,6,8,12H,4-5,7H2,1H3;2-5H,6H2,1H3;6H,1-5H2,(H,8,9);1-2H3;2H,1H3. The van der Waals surface area contributed by atoms with Crippen LogP contribution in [0.2, 0.25) is 0 Å². The summed E-state index contributed by atoms with van der Waals surface area (Å²) in [4.78, 5) is 22.9. The molecule has 1 heterocycles. The molecule has 1 amide bonds. The second kappa shape index (κ2) is 18.1. The van der Waals surface area contributed by atoms with E-state index in [1.807, 2.05) is 32.9 Å². The van der Waals surface area contributed by atoms with Crippen LogP contribution in [0.4, 0.5) is 30.7 Å². The van der Waals surface area contributed by atoms with Gasteiger partial charge in [-0.05, 0) is 49.3 Å². The van der Waals surface area contributed by atoms with E-state index in [0.29, 0.717) is 43.0 Å². The van der Waals surface area contributed by atoms with Crippen LogP contribution in [0.3, 0.4) is 0 Å². The van der Waals surface area contributed by atoms with Gasteiger partial charge in [-0.25, -0.2) is 4.39 Å². The Bertz CT molecular complexity index is 1250. The number of benzene rings is 2. The fourth-order valence-corrected chi connectivity index (χ4v) is 6.27. The normalized spacial score (nSPS) is 20.4. The van der Waals surface area contributed by atoms with Crippen LogP contribution in [-0.4, -0.2) is 59.5 Å². The number of amides is 1. The molecule has 47 heavy (non-hydrogen) atoms. The number of aliphatic hydroxyl groups excluding tert-OH is 1. The minimum atomic E-state index is -6.13. The molecule has 0 bridgehead atoms. The molecule has 2 unspecified atom stereocenters. The molecule has 3 aliphatic rings. The second-order valence-corrected chi connectivity index (χ2v) is 11.8. The minimum Gasteiger partial charge on any atom is -0.481 e. The van der Waals surface area contributed by atoms with Gasteiger partial charge in [-0.2, -0.15) is 26.3 Å². The summed E-state index contributed by atoms with van der Waals surface area (Å²) in [7, 11) is 1.00. The number of aliphatic hydroxyl groups is 1. The van der Waals surface area contributed by atoms with Gasteiger partial charge in [-0.3, -0.25) is 9.59 Å². The first-order chi connectivity index (χ1) is 22.0. The van der Waals surface area contributed by atoms with Crippen molar-refractivity contribution in [1.82, 2.24) is 4.90 Å². The van der Waals surface area contributed by atoms with E-state index in [1.54, 1.807) is 0 Å². The van der Waals surface area contributed by atoms with E-state index in [2.05, 4.69) is 19.1 Å². The number of carbonyl (C=O) groups is 2. The van der Waals surface area contributed by atoms with E-state index >= 15 is 0 Å². The van der Waals surface area contributed by atoms with E-state index in [4.69, 9.17) is 21.8 Å². The number of hydrogen-bond donors (Lipinski definition) is 2. The molecule has 0 aromatic heterocycles. The lowest BCUT2D eigenvalue weighted by Crippen LogP contribution is -2.50. The molecule has 266 valence electrons. The third kappa shape index (κ3) is 9.84. The molecule has 1 saturated heterocycles. The zero-order valence-electron chi connectivity index (χ0n) is 27.3. The van der Waals surface area contributed by atoms with Crippen molar-refractivity contribution >= 4 is 24.0 Å². The summed E-state index contributed by atoms with van der Waals surface area (Å²) in [6.07, 6.45) is -5.76. The molecule has 2 fully saturated rings. The lowest BCUT2D eigenvalue weighted by Gasteiger charge is -2.31. The van der Waals surface area contributed by atoms with E-state index in [0.717, 1.165) is 38.9 Å². The smallest absolute Gasteiger partial charge is 0.435 e. The summed E-state index contributed by atoms with van der Waals surface area (Å²) in [5.41, 5.74) is -4.22. The quantitative estimate of drug-likeness (QED) is 0.190. The number of aliphatic carboxylic acids is 1. The zero-order chi connectivity index (χ0) is 36.2. The molecule has 5 rings (SSSR count). The highest BCUT2D eigenvalue weighted by Crippen LogP contribution is 2.55. The van der Waals surface area contributed by atoms with Gasteiger partial charge in [0.1, 0.15) is 0 Å². The van der Waals surface area contributed by atoms with Crippen LogP contribution in [0, 0.1) is 12.8 Å². The summed E-state index contributed by atoms with van der Waals surface area (Å²) in [5.74, 6) is -0.0197. The van der Waals surface area contributed by atoms with Crippen LogP contribution in [0.15, 0.2) is 42.5 Å². The predicted molar refractivity (Wildman–Crippen MR) is 168 cm³/mol. The van der Waals surface area contributed by atoms with Gasteiger partial charge in [0.25, 0.3) is 0 Å². The average molecular weight is 700 g/mol. The Morgan fingerprint density at radius 1 is 0.957 bits per heavy atom. The number of aryl methyl sites for hydroxylation is 1. The zero-order valence-corrected chi connectivity index (χ0v) is 28.1. The Balaban J connectivity index is 0.000000410. The largest absolute Gasteiger partial charge is 0.481 e. The number of carbonyl (C=O) groups excluding carboxylic acids is 1. The van der Waals surface area contributed by atoms with Crippen molar-refractivity contribution in [1.29, 1.82) is 0 Å². The third-order valence-electron chi connectivity index (χ3n) is 8.70. The molecule has 5 nitrogen and oxygen atoms in total. The lowest BCUT2D eigenvalue weighted by molar-refractivity contribution is -0.348. The van der Waals surface area contributed by atoms with Gasteiger partial charge in [0, 0.05) is 36.6 Å². The number of likely N-dealkylation sites (tertiary alicyclic amines) is 1. The van der Waals surface area contributed by atoms with Crippen molar-refractivity contribution in [2.24, 2.45) is 5.92 Å². The van der Waals surface area contributed by atoms with Crippen LogP contribution < -0.4 is 0 Å². The number of rotatable bonds is 4. The lowest BCUT2D eigenvalue weighted by atomic mass is 9.80. The summed E-state index contributed by atoms with van der Waals surface area (Å²) in [5, 5.41) is 15.5. The Labute approximate surface area is 277 Å². The Kier molecular flexibility index (Phi) is 16.2. The fourth-order valence-electron chi connectivity index (χ4n) is 6.09. The molecule has 2 atom stereocenters. The number of halogens is 8. The maximum Gasteiger partial charge on any atom is 0.435 e. The number of alkyl halides is 8. The summed E-state index contributed by atoms with van der Waals surface area (Å²) >= 11 is 5.58. The molecule has 2 aromatic rings. The third-order valence-corrected chi connectivity index (χ3v) is 9.01. The monoisotopic (exact) mass is 699 g/mol. The van der Waals surface area contributed by atoms with Crippen molar-refractivity contribution in [2.45, 2.75) is 108 Å². The van der Waals surface area contributed by atoms with E-state index < -0.39 is 35.0 Å². The Hall–Kier alpha value is -2.86. The number of nitrogens with zero attached hydrogens (tertiary/aromatic N) is 1. The summed E-state index contributed by atoms with van der Waals surface area (Å²) in [6.45, 7) is 8.34. The molecule has 0 spiro atoms. The Morgan fingerprint density at radius 3 is 1.91 bits per heavy atom. The maximum absolute atomic E-state index is 14.2. The molecule has 1 saturated carbocycles. The number of fused-ring (bicyclic) bond motifs is 3.